The van der Waals surface area contributed by atoms with Gasteiger partial charge in [0.05, 0.1) is 0 Å². The number of aliphatic hydroxyl groups is 1. The molecule has 3 aliphatic rings. The number of hydrogen-bond acceptors (Lipinski definition) is 7. The monoisotopic (exact) mass is 681 g/mol. The normalized spacial score (nSPS) is 25.8. The number of piperidine rings is 1. The number of carbonyl (C=O) groups excluding carboxylic acids is 6. The third-order valence-electron chi connectivity index (χ3n) is 10.4. The number of ketones is 1. The quantitative estimate of drug-likeness (QED) is 0.232. The summed E-state index contributed by atoms with van der Waals surface area (Å²) in [6, 6.07) is 5.10. The molecule has 3 heterocycles. The molecule has 1 aromatic rings. The minimum Gasteiger partial charge on any atom is -0.386 e. The van der Waals surface area contributed by atoms with Gasteiger partial charge in [-0.1, -0.05) is 44.0 Å². The molecule has 4 N–H and O–H groups in total. The molecule has 12 heteroatoms. The van der Waals surface area contributed by atoms with Crippen molar-refractivity contribution >= 4 is 35.3 Å². The molecule has 4 rings (SSSR count). The van der Waals surface area contributed by atoms with Crippen molar-refractivity contribution < 1.29 is 33.9 Å². The second-order valence-corrected chi connectivity index (χ2v) is 14.2. The number of Topliss-reactive ketones (excluding diaryl/α,β-unsaturated/α-hetero) is 1. The summed E-state index contributed by atoms with van der Waals surface area (Å²) >= 11 is 0. The van der Waals surface area contributed by atoms with Crippen molar-refractivity contribution in [2.24, 2.45) is 0 Å². The lowest BCUT2D eigenvalue weighted by molar-refractivity contribution is -0.144. The molecular formula is C37H55N5O7. The van der Waals surface area contributed by atoms with Crippen molar-refractivity contribution in [3.63, 3.8) is 0 Å². The number of hydrogen-bond donors (Lipinski definition) is 4. The van der Waals surface area contributed by atoms with Crippen LogP contribution in [-0.2, 0) is 41.6 Å². The Kier molecular flexibility index (Phi) is 13.8. The Labute approximate surface area is 290 Å². The molecule has 49 heavy (non-hydrogen) atoms. The molecule has 0 spiro atoms. The molecule has 5 amide bonds. The van der Waals surface area contributed by atoms with Crippen LogP contribution in [0.1, 0.15) is 109 Å². The van der Waals surface area contributed by atoms with Gasteiger partial charge in [-0.3, -0.25) is 28.8 Å². The summed E-state index contributed by atoms with van der Waals surface area (Å²) in [6.07, 6.45) is 7.13. The molecule has 0 unspecified atom stereocenters. The van der Waals surface area contributed by atoms with Gasteiger partial charge < -0.3 is 30.9 Å². The zero-order valence-corrected chi connectivity index (χ0v) is 29.4. The van der Waals surface area contributed by atoms with E-state index in [2.05, 4.69) is 16.0 Å². The second-order valence-electron chi connectivity index (χ2n) is 14.2. The summed E-state index contributed by atoms with van der Waals surface area (Å²) in [5.41, 5.74) is 0.509. The topological polar surface area (TPSA) is 165 Å². The van der Waals surface area contributed by atoms with E-state index < -0.39 is 47.5 Å². The van der Waals surface area contributed by atoms with Crippen molar-refractivity contribution in [1.82, 2.24) is 25.8 Å². The maximum absolute atomic E-state index is 14.1. The molecule has 0 aromatic heterocycles. The highest BCUT2D eigenvalue weighted by Crippen LogP contribution is 2.23. The number of carbonyl (C=O) groups is 6. The number of benzene rings is 1. The Hall–Kier alpha value is -3.80. The minimum absolute atomic E-state index is 0.175. The molecule has 3 saturated heterocycles. The summed E-state index contributed by atoms with van der Waals surface area (Å²) in [5.74, 6) is -1.76. The molecule has 3 fully saturated rings. The number of aryl methyl sites for hydroxylation is 1. The fraction of sp³-hybridized carbons (Fsp3) is 0.676. The Morgan fingerprint density at radius 2 is 1.57 bits per heavy atom. The van der Waals surface area contributed by atoms with Gasteiger partial charge in [0.15, 0.2) is 5.78 Å². The van der Waals surface area contributed by atoms with Gasteiger partial charge in [-0.2, -0.15) is 0 Å². The predicted molar refractivity (Wildman–Crippen MR) is 184 cm³/mol. The zero-order chi connectivity index (χ0) is 35.6. The van der Waals surface area contributed by atoms with E-state index in [1.165, 1.54) is 18.2 Å². The Bertz CT molecular complexity index is 1340. The molecule has 0 aliphatic carbocycles. The maximum Gasteiger partial charge on any atom is 0.246 e. The number of fused-ring (bicyclic) bond motifs is 1. The fourth-order valence-corrected chi connectivity index (χ4v) is 6.89. The lowest BCUT2D eigenvalue weighted by atomic mass is 9.94. The van der Waals surface area contributed by atoms with E-state index in [0.29, 0.717) is 57.9 Å². The van der Waals surface area contributed by atoms with Gasteiger partial charge in [-0.25, -0.2) is 0 Å². The van der Waals surface area contributed by atoms with Crippen molar-refractivity contribution in [2.45, 2.75) is 140 Å². The summed E-state index contributed by atoms with van der Waals surface area (Å²) < 4.78 is 0. The van der Waals surface area contributed by atoms with Gasteiger partial charge >= 0.3 is 0 Å². The van der Waals surface area contributed by atoms with E-state index in [9.17, 15) is 33.9 Å². The molecule has 3 aliphatic heterocycles. The third kappa shape index (κ3) is 10.4. The van der Waals surface area contributed by atoms with Crippen LogP contribution in [-0.4, -0.2) is 99.6 Å². The summed E-state index contributed by atoms with van der Waals surface area (Å²) in [6.45, 7) is 6.86. The predicted octanol–water partition coefficient (Wildman–Crippen LogP) is 2.33. The number of amides is 5. The van der Waals surface area contributed by atoms with E-state index in [4.69, 9.17) is 0 Å². The molecule has 270 valence electrons. The Morgan fingerprint density at radius 3 is 2.24 bits per heavy atom. The van der Waals surface area contributed by atoms with E-state index >= 15 is 0 Å². The number of nitrogens with zero attached hydrogens (tertiary/aromatic N) is 2. The third-order valence-corrected chi connectivity index (χ3v) is 10.4. The average molecular weight is 682 g/mol. The average Bonchev–Trinajstić information content (AvgIpc) is 3.60. The van der Waals surface area contributed by atoms with Gasteiger partial charge in [0.2, 0.25) is 29.5 Å². The number of likely N-dealkylation sites (tertiary alicyclic amines) is 1. The largest absolute Gasteiger partial charge is 0.386 e. The zero-order valence-electron chi connectivity index (χ0n) is 29.4. The van der Waals surface area contributed by atoms with Crippen LogP contribution >= 0.6 is 0 Å². The molecule has 0 saturated carbocycles. The standard InChI is InChI=1S/C37H55N5O7/c1-4-37(3)36(49)39-29(24-27-17-15-26(16-18-27)19-20-32(45)41-21-9-6-10-22-41)35(48)42-23-11-13-30(42)34(47)38-28(33(46)40-37)12-7-5-8-14-31(44)25(2)43/h15-18,25,28-30,43H,4-14,19-24H2,1-3H3,(H,38,47)(H,39,49)(H,40,46)/t25-,28+,29+,30-,37+/m1/s1. The first kappa shape index (κ1) is 38.0. The van der Waals surface area contributed by atoms with Crippen LogP contribution in [0, 0.1) is 0 Å². The van der Waals surface area contributed by atoms with Gasteiger partial charge in [0.1, 0.15) is 29.8 Å². The minimum atomic E-state index is -1.34. The molecule has 1 aromatic carbocycles. The van der Waals surface area contributed by atoms with Crippen molar-refractivity contribution in [2.75, 3.05) is 19.6 Å². The van der Waals surface area contributed by atoms with Crippen LogP contribution in [0.2, 0.25) is 0 Å². The molecule has 5 atom stereocenters. The van der Waals surface area contributed by atoms with Crippen LogP contribution in [0.25, 0.3) is 0 Å². The first-order chi connectivity index (χ1) is 23.4. The summed E-state index contributed by atoms with van der Waals surface area (Å²) in [5, 5.41) is 18.1. The Balaban J connectivity index is 1.45. The summed E-state index contributed by atoms with van der Waals surface area (Å²) in [7, 11) is 0. The Morgan fingerprint density at radius 1 is 0.878 bits per heavy atom. The van der Waals surface area contributed by atoms with E-state index in [-0.39, 0.29) is 36.9 Å². The molecular weight excluding hydrogens is 626 g/mol. The van der Waals surface area contributed by atoms with Gasteiger partial charge in [0.25, 0.3) is 0 Å². The van der Waals surface area contributed by atoms with Crippen molar-refractivity contribution in [3.05, 3.63) is 35.4 Å². The number of nitrogens with one attached hydrogen (secondary N) is 3. The highest BCUT2D eigenvalue weighted by Gasteiger charge is 2.43. The number of rotatable bonds is 13. The van der Waals surface area contributed by atoms with Crippen LogP contribution in [0.3, 0.4) is 0 Å². The smallest absolute Gasteiger partial charge is 0.246 e. The highest BCUT2D eigenvalue weighted by molar-refractivity contribution is 5.99. The molecule has 0 bridgehead atoms. The van der Waals surface area contributed by atoms with Crippen LogP contribution < -0.4 is 16.0 Å². The lowest BCUT2D eigenvalue weighted by Crippen LogP contribution is -2.65. The van der Waals surface area contributed by atoms with Crippen molar-refractivity contribution in [3.8, 4) is 0 Å². The lowest BCUT2D eigenvalue weighted by Gasteiger charge is -2.36. The van der Waals surface area contributed by atoms with E-state index in [1.807, 2.05) is 29.2 Å². The van der Waals surface area contributed by atoms with E-state index in [0.717, 1.165) is 37.1 Å². The molecule has 0 radical (unpaired) electrons. The molecule has 12 nitrogen and oxygen atoms in total. The van der Waals surface area contributed by atoms with Gasteiger partial charge in [0, 0.05) is 38.9 Å². The van der Waals surface area contributed by atoms with Crippen molar-refractivity contribution in [1.29, 1.82) is 0 Å². The first-order valence-electron chi connectivity index (χ1n) is 18.2. The number of unbranched alkanes of at least 4 members (excludes halogenated alkanes) is 2. The van der Waals surface area contributed by atoms with Crippen LogP contribution in [0.5, 0.6) is 0 Å². The van der Waals surface area contributed by atoms with E-state index in [1.54, 1.807) is 13.8 Å². The second kappa shape index (κ2) is 17.7. The van der Waals surface area contributed by atoms with Gasteiger partial charge in [-0.05, 0) is 82.8 Å². The van der Waals surface area contributed by atoms with Crippen LogP contribution in [0.4, 0.5) is 0 Å². The SMILES string of the molecule is CC[C@]1(C)NC(=O)[C@H](CCCCCC(=O)[C@@H](C)O)NC(=O)[C@H]2CCCN2C(=O)[C@H](Cc2ccc(CCC(=O)N3CCCCC3)cc2)NC1=O. The number of aliphatic hydroxyl groups excluding tert-OH is 1. The fourth-order valence-electron chi connectivity index (χ4n) is 6.89. The first-order valence-corrected chi connectivity index (χ1v) is 18.2. The van der Waals surface area contributed by atoms with Crippen LogP contribution in [0.15, 0.2) is 24.3 Å². The maximum atomic E-state index is 14.1. The highest BCUT2D eigenvalue weighted by atomic mass is 16.3. The summed E-state index contributed by atoms with van der Waals surface area (Å²) in [4.78, 5) is 83.0. The van der Waals surface area contributed by atoms with Gasteiger partial charge in [-0.15, -0.1) is 0 Å².